The first kappa shape index (κ1) is 33.2. The fourth-order valence-electron chi connectivity index (χ4n) is 3.43. The first-order valence-corrected chi connectivity index (χ1v) is 13.2. The van der Waals surface area contributed by atoms with Gasteiger partial charge in [-0.2, -0.15) is 15.5 Å². The average molecular weight is 504 g/mol. The van der Waals surface area contributed by atoms with E-state index in [4.69, 9.17) is 5.26 Å². The monoisotopic (exact) mass is 503 g/mol. The maximum atomic E-state index is 8.52. The van der Waals surface area contributed by atoms with Gasteiger partial charge in [0.2, 0.25) is 0 Å². The van der Waals surface area contributed by atoms with E-state index in [9.17, 15) is 0 Å². The summed E-state index contributed by atoms with van der Waals surface area (Å²) in [7, 11) is 0. The van der Waals surface area contributed by atoms with Crippen molar-refractivity contribution in [2.45, 2.75) is 89.1 Å². The van der Waals surface area contributed by atoms with E-state index in [1.54, 1.807) is 4.68 Å². The van der Waals surface area contributed by atoms with Crippen LogP contribution < -0.4 is 0 Å². The molecule has 1 N–H and O–H groups in total. The molecule has 0 aromatic carbocycles. The molecule has 0 amide bonds. The van der Waals surface area contributed by atoms with Gasteiger partial charge in [0.25, 0.3) is 0 Å². The van der Waals surface area contributed by atoms with Crippen LogP contribution in [0.5, 0.6) is 0 Å². The number of nitrogens with zero attached hydrogens (tertiary/aromatic N) is 6. The lowest BCUT2D eigenvalue weighted by Gasteiger charge is -2.02. The van der Waals surface area contributed by atoms with Gasteiger partial charge in [-0.1, -0.05) is 41.5 Å². The van der Waals surface area contributed by atoms with Crippen molar-refractivity contribution in [2.75, 3.05) is 0 Å². The van der Waals surface area contributed by atoms with Crippen LogP contribution in [-0.4, -0.2) is 29.9 Å². The highest BCUT2D eigenvalue weighted by atomic mass is 15.3. The van der Waals surface area contributed by atoms with E-state index < -0.39 is 0 Å². The quantitative estimate of drug-likeness (QED) is 0.305. The Labute approximate surface area is 224 Å². The molecule has 4 aromatic heterocycles. The average Bonchev–Trinajstić information content (AvgIpc) is 3.55. The van der Waals surface area contributed by atoms with Gasteiger partial charge in [-0.15, -0.1) is 0 Å². The summed E-state index contributed by atoms with van der Waals surface area (Å²) in [6.07, 6.45) is 6.12. The van der Waals surface area contributed by atoms with Crippen molar-refractivity contribution < 1.29 is 0 Å². The summed E-state index contributed by atoms with van der Waals surface area (Å²) in [5.41, 5.74) is 9.71. The molecular formula is C30H45N7. The predicted molar refractivity (Wildman–Crippen MR) is 155 cm³/mol. The lowest BCUT2D eigenvalue weighted by Crippen LogP contribution is -1.96. The van der Waals surface area contributed by atoms with Crippen LogP contribution in [0.25, 0.3) is 22.3 Å². The van der Waals surface area contributed by atoms with Crippen molar-refractivity contribution in [1.82, 2.24) is 29.9 Å². The molecule has 37 heavy (non-hydrogen) atoms. The van der Waals surface area contributed by atoms with Crippen LogP contribution in [0, 0.1) is 45.9 Å². The van der Waals surface area contributed by atoms with Crippen molar-refractivity contribution in [3.8, 4) is 28.3 Å². The molecule has 0 unspecified atom stereocenters. The summed E-state index contributed by atoms with van der Waals surface area (Å²) in [5, 5.41) is 19.7. The SMILES string of the molecule is CC.CC.CC.Cc1cc(-c2cn[nH]c2C)cc(C)n1.Cc1cc(-c2cnn(CCC#N)c2)cc(C)n1. The van der Waals surface area contributed by atoms with Gasteiger partial charge in [-0.05, 0) is 70.0 Å². The van der Waals surface area contributed by atoms with Gasteiger partial charge in [0, 0.05) is 45.8 Å². The summed E-state index contributed by atoms with van der Waals surface area (Å²) >= 11 is 0. The number of hydrogen-bond acceptors (Lipinski definition) is 5. The summed E-state index contributed by atoms with van der Waals surface area (Å²) in [4.78, 5) is 8.69. The highest BCUT2D eigenvalue weighted by Crippen LogP contribution is 2.22. The van der Waals surface area contributed by atoms with Gasteiger partial charge in [0.15, 0.2) is 0 Å². The molecule has 0 aliphatic rings. The molecule has 4 heterocycles. The highest BCUT2D eigenvalue weighted by Gasteiger charge is 2.05. The zero-order chi connectivity index (χ0) is 28.4. The summed E-state index contributed by atoms with van der Waals surface area (Å²) < 4.78 is 1.80. The minimum absolute atomic E-state index is 0.482. The molecule has 4 aromatic rings. The molecular weight excluding hydrogens is 458 g/mol. The molecule has 200 valence electrons. The number of nitriles is 1. The second-order valence-electron chi connectivity index (χ2n) is 7.59. The molecule has 4 rings (SSSR count). The second-order valence-corrected chi connectivity index (χ2v) is 7.59. The third-order valence-corrected chi connectivity index (χ3v) is 4.72. The fourth-order valence-corrected chi connectivity index (χ4v) is 3.43. The van der Waals surface area contributed by atoms with Crippen molar-refractivity contribution in [3.05, 3.63) is 71.3 Å². The maximum Gasteiger partial charge on any atom is 0.0641 e. The summed E-state index contributed by atoms with van der Waals surface area (Å²) in [6, 6.07) is 10.3. The standard InChI is InChI=1S/C13H14N4.C11H13N3.3C2H6/c1-10-6-12(7-11(2)16-10)13-8-15-17(9-13)5-3-4-14;1-7-4-10(5-8(2)13-7)11-6-12-14-9(11)3;3*1-2/h6-9H,3,5H2,1-2H3;4-6H,1-3H3,(H,12,14);3*1-2H3. The smallest absolute Gasteiger partial charge is 0.0641 e. The topological polar surface area (TPSA) is 96.1 Å². The largest absolute Gasteiger partial charge is 0.282 e. The van der Waals surface area contributed by atoms with E-state index in [1.165, 1.54) is 5.56 Å². The number of aryl methyl sites for hydroxylation is 6. The van der Waals surface area contributed by atoms with E-state index in [1.807, 2.05) is 107 Å². The molecule has 0 bridgehead atoms. The first-order chi connectivity index (χ1) is 17.9. The van der Waals surface area contributed by atoms with Crippen LogP contribution in [0.4, 0.5) is 0 Å². The van der Waals surface area contributed by atoms with Gasteiger partial charge >= 0.3 is 0 Å². The number of H-pyrrole nitrogens is 1. The Morgan fingerprint density at radius 2 is 1.22 bits per heavy atom. The lowest BCUT2D eigenvalue weighted by molar-refractivity contribution is 0.628. The molecule has 0 saturated heterocycles. The molecule has 0 spiro atoms. The van der Waals surface area contributed by atoms with E-state index in [-0.39, 0.29) is 0 Å². The van der Waals surface area contributed by atoms with Gasteiger partial charge in [0.1, 0.15) is 0 Å². The molecule has 7 nitrogen and oxygen atoms in total. The minimum atomic E-state index is 0.482. The molecule has 0 saturated carbocycles. The second kappa shape index (κ2) is 18.5. The van der Waals surface area contributed by atoms with Crippen LogP contribution in [0.1, 0.15) is 76.4 Å². The zero-order valence-corrected chi connectivity index (χ0v) is 24.6. The van der Waals surface area contributed by atoms with Gasteiger partial charge in [-0.25, -0.2) is 0 Å². The van der Waals surface area contributed by atoms with Crippen molar-refractivity contribution in [3.63, 3.8) is 0 Å². The van der Waals surface area contributed by atoms with Crippen molar-refractivity contribution >= 4 is 0 Å². The first-order valence-electron chi connectivity index (χ1n) is 13.2. The lowest BCUT2D eigenvalue weighted by atomic mass is 10.1. The molecule has 0 radical (unpaired) electrons. The van der Waals surface area contributed by atoms with E-state index in [0.29, 0.717) is 13.0 Å². The molecule has 0 aliphatic carbocycles. The predicted octanol–water partition coefficient (Wildman–Crippen LogP) is 7.95. The number of pyridine rings is 2. The third-order valence-electron chi connectivity index (χ3n) is 4.72. The van der Waals surface area contributed by atoms with E-state index in [2.05, 4.69) is 43.5 Å². The van der Waals surface area contributed by atoms with Crippen LogP contribution in [-0.2, 0) is 6.54 Å². The summed E-state index contributed by atoms with van der Waals surface area (Å²) in [5.74, 6) is 0. The molecule has 0 aliphatic heterocycles. The number of nitrogens with one attached hydrogen (secondary N) is 1. The van der Waals surface area contributed by atoms with Crippen LogP contribution in [0.15, 0.2) is 42.9 Å². The van der Waals surface area contributed by atoms with Crippen LogP contribution in [0.2, 0.25) is 0 Å². The Bertz CT molecular complexity index is 1170. The number of hydrogen-bond donors (Lipinski definition) is 1. The van der Waals surface area contributed by atoms with Crippen LogP contribution >= 0.6 is 0 Å². The summed E-state index contributed by atoms with van der Waals surface area (Å²) in [6.45, 7) is 22.6. The highest BCUT2D eigenvalue weighted by molar-refractivity contribution is 5.65. The Hall–Kier alpha value is -3.79. The van der Waals surface area contributed by atoms with Crippen LogP contribution in [0.3, 0.4) is 0 Å². The van der Waals surface area contributed by atoms with E-state index >= 15 is 0 Å². The Kier molecular flexibility index (Phi) is 16.6. The minimum Gasteiger partial charge on any atom is -0.282 e. The molecule has 0 atom stereocenters. The fraction of sp³-hybridized carbons (Fsp3) is 0.433. The maximum absolute atomic E-state index is 8.52. The Morgan fingerprint density at radius 1 is 0.730 bits per heavy atom. The molecule has 7 heteroatoms. The number of aromatic amines is 1. The van der Waals surface area contributed by atoms with Gasteiger partial charge < -0.3 is 0 Å². The van der Waals surface area contributed by atoms with Gasteiger partial charge in [-0.3, -0.25) is 19.7 Å². The van der Waals surface area contributed by atoms with Crippen molar-refractivity contribution in [2.24, 2.45) is 0 Å². The third kappa shape index (κ3) is 11.2. The van der Waals surface area contributed by atoms with Crippen molar-refractivity contribution in [1.29, 1.82) is 5.26 Å². The number of rotatable bonds is 4. The zero-order valence-electron chi connectivity index (χ0n) is 24.6. The molecule has 0 fully saturated rings. The normalized spacial score (nSPS) is 9.14. The van der Waals surface area contributed by atoms with E-state index in [0.717, 1.165) is 45.2 Å². The Balaban J connectivity index is 0.000000590. The Morgan fingerprint density at radius 3 is 1.65 bits per heavy atom. The van der Waals surface area contributed by atoms with Gasteiger partial charge in [0.05, 0.1) is 31.4 Å². The number of aromatic nitrogens is 6.